The zero-order valence-corrected chi connectivity index (χ0v) is 19.6. The number of benzene rings is 1. The van der Waals surface area contributed by atoms with Gasteiger partial charge in [-0.15, -0.1) is 0 Å². The van der Waals surface area contributed by atoms with Gasteiger partial charge in [-0.3, -0.25) is 5.01 Å². The van der Waals surface area contributed by atoms with E-state index in [9.17, 15) is 10.4 Å². The summed E-state index contributed by atoms with van der Waals surface area (Å²) < 4.78 is 0. The normalized spacial score (nSPS) is 44.5. The van der Waals surface area contributed by atoms with Crippen molar-refractivity contribution in [2.45, 2.75) is 77.9 Å². The van der Waals surface area contributed by atoms with Gasteiger partial charge in [-0.25, -0.2) is 0 Å². The molecule has 5 aliphatic rings. The van der Waals surface area contributed by atoms with Crippen LogP contribution in [-0.2, 0) is 0 Å². The van der Waals surface area contributed by atoms with Crippen LogP contribution >= 0.6 is 0 Å². The van der Waals surface area contributed by atoms with E-state index in [2.05, 4.69) is 50.1 Å². The molecular weight excluding hydrogens is 394 g/mol. The van der Waals surface area contributed by atoms with Crippen molar-refractivity contribution in [1.82, 2.24) is 0 Å². The molecule has 168 valence electrons. The van der Waals surface area contributed by atoms with Crippen molar-refractivity contribution in [3.05, 3.63) is 41.5 Å². The Labute approximate surface area is 192 Å². The van der Waals surface area contributed by atoms with Crippen LogP contribution in [0, 0.1) is 45.8 Å². The lowest BCUT2D eigenvalue weighted by atomic mass is 9.47. The molecule has 4 aliphatic carbocycles. The number of allylic oxidation sites excluding steroid dienone is 1. The molecule has 8 atom stereocenters. The molecule has 1 heterocycles. The van der Waals surface area contributed by atoms with E-state index in [1.807, 2.05) is 12.1 Å². The highest BCUT2D eigenvalue weighted by Crippen LogP contribution is 2.67. The number of nitriles is 1. The van der Waals surface area contributed by atoms with Crippen LogP contribution in [0.4, 0.5) is 5.69 Å². The molecule has 0 bridgehead atoms. The summed E-state index contributed by atoms with van der Waals surface area (Å²) in [6.45, 7) is 7.31. The zero-order valence-electron chi connectivity index (χ0n) is 19.6. The van der Waals surface area contributed by atoms with Crippen molar-refractivity contribution in [2.24, 2.45) is 39.6 Å². The molecule has 4 heteroatoms. The Morgan fingerprint density at radius 2 is 1.91 bits per heavy atom. The zero-order chi connectivity index (χ0) is 22.3. The highest BCUT2D eigenvalue weighted by molar-refractivity contribution is 5.90. The maximum Gasteiger partial charge on any atom is 0.0991 e. The van der Waals surface area contributed by atoms with E-state index in [-0.39, 0.29) is 11.5 Å². The molecule has 0 saturated heterocycles. The second-order valence-electron chi connectivity index (χ2n) is 11.7. The van der Waals surface area contributed by atoms with Gasteiger partial charge in [-0.05, 0) is 105 Å². The van der Waals surface area contributed by atoms with Gasteiger partial charge < -0.3 is 5.11 Å². The van der Waals surface area contributed by atoms with E-state index < -0.39 is 0 Å². The van der Waals surface area contributed by atoms with E-state index in [1.54, 1.807) is 5.57 Å². The quantitative estimate of drug-likeness (QED) is 0.585. The lowest BCUT2D eigenvalue weighted by Gasteiger charge is -2.57. The summed E-state index contributed by atoms with van der Waals surface area (Å²) in [6, 6.07) is 10.6. The van der Waals surface area contributed by atoms with Gasteiger partial charge in [0.05, 0.1) is 29.5 Å². The van der Waals surface area contributed by atoms with Gasteiger partial charge in [-0.2, -0.15) is 10.4 Å². The average Bonchev–Trinajstić information content (AvgIpc) is 3.29. The van der Waals surface area contributed by atoms with Crippen LogP contribution in [0.3, 0.4) is 0 Å². The topological polar surface area (TPSA) is 59.6 Å². The standard InChI is InChI=1S/C28H35N3O/c1-17-26-25(31(30-17)20-7-4-18(16-29)5-8-20)15-24-22-9-6-19-14-21(32)10-12-27(19,2)23(22)11-13-28(24,26)3/h4-8,21-26,32H,9-15H2,1-3H3/t21-,22+,23-,24-,25+,26+,27-,28-/m0/s1. The van der Waals surface area contributed by atoms with Crippen LogP contribution in [0.25, 0.3) is 0 Å². The Morgan fingerprint density at radius 3 is 2.66 bits per heavy atom. The van der Waals surface area contributed by atoms with Crippen molar-refractivity contribution >= 4 is 11.4 Å². The fraction of sp³-hybridized carbons (Fsp3) is 0.643. The molecule has 0 spiro atoms. The molecule has 1 aliphatic heterocycles. The van der Waals surface area contributed by atoms with Crippen LogP contribution in [-0.4, -0.2) is 23.0 Å². The molecule has 1 N–H and O–H groups in total. The summed E-state index contributed by atoms with van der Waals surface area (Å²) in [6.07, 6.45) is 10.4. The largest absolute Gasteiger partial charge is 0.393 e. The monoisotopic (exact) mass is 429 g/mol. The Hall–Kier alpha value is -2.12. The first-order valence-corrected chi connectivity index (χ1v) is 12.6. The summed E-state index contributed by atoms with van der Waals surface area (Å²) in [7, 11) is 0. The second-order valence-corrected chi connectivity index (χ2v) is 11.7. The van der Waals surface area contributed by atoms with Crippen LogP contribution in [0.1, 0.15) is 71.3 Å². The molecule has 3 fully saturated rings. The maximum absolute atomic E-state index is 10.3. The van der Waals surface area contributed by atoms with E-state index in [0.29, 0.717) is 22.9 Å². The number of anilines is 1. The lowest BCUT2D eigenvalue weighted by molar-refractivity contribution is -0.0422. The number of fused-ring (bicyclic) bond motifs is 7. The molecule has 4 nitrogen and oxygen atoms in total. The Bertz CT molecular complexity index is 1040. The summed E-state index contributed by atoms with van der Waals surface area (Å²) in [5.74, 6) is 2.76. The lowest BCUT2D eigenvalue weighted by Crippen LogP contribution is -2.50. The molecule has 0 amide bonds. The van der Waals surface area contributed by atoms with Crippen LogP contribution in [0.15, 0.2) is 41.0 Å². The number of hydrazone groups is 1. The van der Waals surface area contributed by atoms with Crippen molar-refractivity contribution in [1.29, 1.82) is 5.26 Å². The van der Waals surface area contributed by atoms with Gasteiger partial charge in [0.25, 0.3) is 0 Å². The smallest absolute Gasteiger partial charge is 0.0991 e. The van der Waals surface area contributed by atoms with Crippen molar-refractivity contribution < 1.29 is 5.11 Å². The number of hydrogen-bond donors (Lipinski definition) is 1. The van der Waals surface area contributed by atoms with Crippen LogP contribution in [0.2, 0.25) is 0 Å². The number of nitrogens with zero attached hydrogens (tertiary/aromatic N) is 3. The summed E-state index contributed by atoms with van der Waals surface area (Å²) in [4.78, 5) is 0. The van der Waals surface area contributed by atoms with Gasteiger partial charge in [-0.1, -0.05) is 25.5 Å². The Balaban J connectivity index is 1.33. The minimum absolute atomic E-state index is 0.134. The van der Waals surface area contributed by atoms with Crippen molar-refractivity contribution in [3.63, 3.8) is 0 Å². The number of aliphatic hydroxyl groups is 1. The number of hydrogen-bond acceptors (Lipinski definition) is 4. The van der Waals surface area contributed by atoms with Gasteiger partial charge in [0.15, 0.2) is 0 Å². The predicted octanol–water partition coefficient (Wildman–Crippen LogP) is 5.67. The van der Waals surface area contributed by atoms with Gasteiger partial charge in [0.2, 0.25) is 0 Å². The first-order valence-electron chi connectivity index (χ1n) is 12.6. The third kappa shape index (κ3) is 2.67. The van der Waals surface area contributed by atoms with Crippen LogP contribution < -0.4 is 5.01 Å². The Kier molecular flexibility index (Phi) is 4.44. The van der Waals surface area contributed by atoms with Crippen molar-refractivity contribution in [3.8, 4) is 6.07 Å². The molecule has 0 aromatic heterocycles. The van der Waals surface area contributed by atoms with Crippen molar-refractivity contribution in [2.75, 3.05) is 5.01 Å². The molecule has 32 heavy (non-hydrogen) atoms. The maximum atomic E-state index is 10.3. The predicted molar refractivity (Wildman–Crippen MR) is 127 cm³/mol. The Morgan fingerprint density at radius 1 is 1.12 bits per heavy atom. The number of aliphatic hydroxyl groups excluding tert-OH is 1. The summed E-state index contributed by atoms with van der Waals surface area (Å²) in [5, 5.41) is 26.8. The van der Waals surface area contributed by atoms with E-state index >= 15 is 0 Å². The first-order chi connectivity index (χ1) is 15.3. The molecular formula is C28H35N3O. The van der Waals surface area contributed by atoms with Gasteiger partial charge in [0.1, 0.15) is 0 Å². The summed E-state index contributed by atoms with van der Waals surface area (Å²) in [5.41, 5.74) is 5.27. The minimum Gasteiger partial charge on any atom is -0.393 e. The van der Waals surface area contributed by atoms with E-state index in [0.717, 1.165) is 42.7 Å². The number of rotatable bonds is 1. The van der Waals surface area contributed by atoms with E-state index in [1.165, 1.54) is 31.4 Å². The molecule has 0 radical (unpaired) electrons. The highest BCUT2D eigenvalue weighted by atomic mass is 16.3. The van der Waals surface area contributed by atoms with Gasteiger partial charge in [0, 0.05) is 11.6 Å². The molecule has 6 rings (SSSR count). The third-order valence-corrected chi connectivity index (χ3v) is 10.4. The van der Waals surface area contributed by atoms with Gasteiger partial charge >= 0.3 is 0 Å². The third-order valence-electron chi connectivity index (χ3n) is 10.4. The fourth-order valence-electron chi connectivity index (χ4n) is 8.90. The molecule has 0 unspecified atom stereocenters. The van der Waals surface area contributed by atoms with E-state index in [4.69, 9.17) is 5.10 Å². The first kappa shape index (κ1) is 20.5. The average molecular weight is 430 g/mol. The molecule has 1 aromatic carbocycles. The second kappa shape index (κ2) is 6.94. The molecule has 1 aromatic rings. The van der Waals surface area contributed by atoms with Crippen LogP contribution in [0.5, 0.6) is 0 Å². The highest BCUT2D eigenvalue weighted by Gasteiger charge is 2.64. The SMILES string of the molecule is CC1=NN(c2ccc(C#N)cc2)[C@@H]2C[C@H]3[C@@H]4CC=C5C[C@@H](O)CC[C@]5(C)[C@H]4CC[C@]3(C)[C@H]12. The summed E-state index contributed by atoms with van der Waals surface area (Å²) >= 11 is 0. The minimum atomic E-state index is -0.134. The molecule has 3 saturated carbocycles. The fourth-order valence-corrected chi connectivity index (χ4v) is 8.90.